The van der Waals surface area contributed by atoms with Gasteiger partial charge in [0.2, 0.25) is 0 Å². The Kier molecular flexibility index (Phi) is 7.48. The molecule has 0 saturated carbocycles. The Hall–Kier alpha value is -1.19. The molecule has 0 fully saturated rings. The third kappa shape index (κ3) is 5.43. The summed E-state index contributed by atoms with van der Waals surface area (Å²) < 4.78 is 6.25. The van der Waals surface area contributed by atoms with Crippen molar-refractivity contribution in [2.45, 2.75) is 0 Å². The number of aromatic nitrogens is 2. The van der Waals surface area contributed by atoms with Crippen LogP contribution in [0.15, 0.2) is 10.9 Å². The first-order valence-corrected chi connectivity index (χ1v) is 6.60. The highest BCUT2D eigenvalue weighted by Crippen LogP contribution is 2.08. The lowest BCUT2D eigenvalue weighted by Crippen LogP contribution is -2.42. The highest BCUT2D eigenvalue weighted by molar-refractivity contribution is 6.29. The minimum absolute atomic E-state index is 0.238. The van der Waals surface area contributed by atoms with Gasteiger partial charge in [-0.15, -0.1) is 0 Å². The van der Waals surface area contributed by atoms with Crippen molar-refractivity contribution in [2.24, 2.45) is 7.05 Å². The zero-order chi connectivity index (χ0) is 15.0. The SMILES string of the molecule is CNNCCN(CCOC)Nc1cc(Cl)nn(C)c1=O. The summed E-state index contributed by atoms with van der Waals surface area (Å²) in [5.74, 6) is 0. The summed E-state index contributed by atoms with van der Waals surface area (Å²) in [4.78, 5) is 12.0. The van der Waals surface area contributed by atoms with Crippen molar-refractivity contribution in [3.8, 4) is 0 Å². The highest BCUT2D eigenvalue weighted by Gasteiger charge is 2.09. The van der Waals surface area contributed by atoms with Gasteiger partial charge in [-0.25, -0.2) is 9.69 Å². The van der Waals surface area contributed by atoms with Crippen molar-refractivity contribution in [1.82, 2.24) is 25.6 Å². The van der Waals surface area contributed by atoms with Gasteiger partial charge in [0.1, 0.15) is 5.69 Å². The normalized spacial score (nSPS) is 11.1. The Morgan fingerprint density at radius 3 is 2.90 bits per heavy atom. The fourth-order valence-electron chi connectivity index (χ4n) is 1.56. The number of hydrazine groups is 2. The van der Waals surface area contributed by atoms with Gasteiger partial charge in [0.15, 0.2) is 5.15 Å². The third-order valence-electron chi connectivity index (χ3n) is 2.56. The summed E-state index contributed by atoms with van der Waals surface area (Å²) >= 11 is 5.86. The van der Waals surface area contributed by atoms with E-state index in [0.717, 1.165) is 0 Å². The lowest BCUT2D eigenvalue weighted by Gasteiger charge is -2.23. The standard InChI is InChI=1S/C11H21ClN6O2/c1-13-14-4-5-18(6-7-20-3)15-9-8-10(12)16-17(2)11(9)19/h8,13-15H,4-7H2,1-3H3. The van der Waals surface area contributed by atoms with E-state index in [-0.39, 0.29) is 10.7 Å². The summed E-state index contributed by atoms with van der Waals surface area (Å²) in [7, 11) is 4.99. The molecule has 1 aromatic rings. The lowest BCUT2D eigenvalue weighted by molar-refractivity contribution is 0.160. The zero-order valence-electron chi connectivity index (χ0n) is 11.9. The predicted molar refractivity (Wildman–Crippen MR) is 78.6 cm³/mol. The van der Waals surface area contributed by atoms with Crippen LogP contribution in [0, 0.1) is 0 Å². The van der Waals surface area contributed by atoms with Crippen molar-refractivity contribution in [3.63, 3.8) is 0 Å². The maximum atomic E-state index is 12.0. The molecule has 1 aromatic heterocycles. The second-order valence-corrected chi connectivity index (χ2v) is 4.47. The molecule has 0 aliphatic carbocycles. The van der Waals surface area contributed by atoms with Crippen molar-refractivity contribution < 1.29 is 4.74 Å². The monoisotopic (exact) mass is 304 g/mol. The van der Waals surface area contributed by atoms with Crippen LogP contribution in [-0.2, 0) is 11.8 Å². The lowest BCUT2D eigenvalue weighted by atomic mass is 10.4. The number of hydrogen-bond donors (Lipinski definition) is 3. The molecule has 0 radical (unpaired) electrons. The van der Waals surface area contributed by atoms with Gasteiger partial charge in [0.05, 0.1) is 6.61 Å². The van der Waals surface area contributed by atoms with Crippen molar-refractivity contribution in [1.29, 1.82) is 0 Å². The molecular weight excluding hydrogens is 284 g/mol. The first kappa shape index (κ1) is 16.9. The summed E-state index contributed by atoms with van der Waals surface area (Å²) in [6, 6.07) is 1.51. The molecule has 0 aromatic carbocycles. The largest absolute Gasteiger partial charge is 0.383 e. The molecule has 0 amide bonds. The second-order valence-electron chi connectivity index (χ2n) is 4.08. The van der Waals surface area contributed by atoms with Crippen molar-refractivity contribution in [2.75, 3.05) is 45.8 Å². The van der Waals surface area contributed by atoms with Gasteiger partial charge in [-0.2, -0.15) is 5.10 Å². The van der Waals surface area contributed by atoms with E-state index in [9.17, 15) is 4.79 Å². The maximum Gasteiger partial charge on any atom is 0.291 e. The van der Waals surface area contributed by atoms with Crippen LogP contribution in [0.5, 0.6) is 0 Å². The molecule has 0 bridgehead atoms. The molecule has 0 aliphatic heterocycles. The molecule has 9 heteroatoms. The van der Waals surface area contributed by atoms with E-state index in [4.69, 9.17) is 16.3 Å². The van der Waals surface area contributed by atoms with Crippen LogP contribution in [0.1, 0.15) is 0 Å². The molecule has 114 valence electrons. The number of nitrogens with zero attached hydrogens (tertiary/aromatic N) is 3. The fraction of sp³-hybridized carbons (Fsp3) is 0.636. The molecule has 1 rings (SSSR count). The molecular formula is C11H21ClN6O2. The number of methoxy groups -OCH3 is 1. The Labute approximate surface area is 123 Å². The number of hydrogen-bond acceptors (Lipinski definition) is 7. The minimum atomic E-state index is -0.238. The van der Waals surface area contributed by atoms with E-state index in [1.165, 1.54) is 10.7 Å². The topological polar surface area (TPSA) is 83.4 Å². The van der Waals surface area contributed by atoms with Gasteiger partial charge in [0.25, 0.3) is 5.56 Å². The van der Waals surface area contributed by atoms with Crippen LogP contribution in [0.3, 0.4) is 0 Å². The van der Waals surface area contributed by atoms with Gasteiger partial charge in [-0.05, 0) is 7.05 Å². The maximum absolute atomic E-state index is 12.0. The molecule has 3 N–H and O–H groups in total. The van der Waals surface area contributed by atoms with E-state index in [0.29, 0.717) is 31.9 Å². The molecule has 0 aliphatic rings. The second kappa shape index (κ2) is 8.88. The molecule has 0 atom stereocenters. The number of rotatable bonds is 9. The van der Waals surface area contributed by atoms with E-state index in [1.807, 2.05) is 5.01 Å². The minimum Gasteiger partial charge on any atom is -0.383 e. The van der Waals surface area contributed by atoms with Gasteiger partial charge in [-0.1, -0.05) is 11.6 Å². The predicted octanol–water partition coefficient (Wildman–Crippen LogP) is -0.567. The van der Waals surface area contributed by atoms with E-state index in [1.54, 1.807) is 21.2 Å². The molecule has 1 heterocycles. The number of anilines is 1. The van der Waals surface area contributed by atoms with E-state index >= 15 is 0 Å². The average Bonchev–Trinajstić information content (AvgIpc) is 2.41. The Morgan fingerprint density at radius 2 is 2.25 bits per heavy atom. The summed E-state index contributed by atoms with van der Waals surface area (Å²) in [5.41, 5.74) is 9.02. The van der Waals surface area contributed by atoms with Gasteiger partial charge in [0, 0.05) is 39.9 Å². The Morgan fingerprint density at radius 1 is 1.50 bits per heavy atom. The summed E-state index contributed by atoms with van der Waals surface area (Å²) in [6.45, 7) is 2.55. The molecule has 0 spiro atoms. The average molecular weight is 305 g/mol. The number of aryl methyl sites for hydroxylation is 1. The third-order valence-corrected chi connectivity index (χ3v) is 2.75. The first-order chi connectivity index (χ1) is 9.58. The molecule has 0 unspecified atom stereocenters. The van der Waals surface area contributed by atoms with Crippen LogP contribution >= 0.6 is 11.6 Å². The van der Waals surface area contributed by atoms with Crippen molar-refractivity contribution in [3.05, 3.63) is 21.6 Å². The first-order valence-electron chi connectivity index (χ1n) is 6.22. The van der Waals surface area contributed by atoms with Crippen LogP contribution < -0.4 is 21.8 Å². The fourth-order valence-corrected chi connectivity index (χ4v) is 1.79. The summed E-state index contributed by atoms with van der Waals surface area (Å²) in [5, 5.41) is 5.98. The molecule has 0 saturated heterocycles. The van der Waals surface area contributed by atoms with E-state index < -0.39 is 0 Å². The van der Waals surface area contributed by atoms with E-state index in [2.05, 4.69) is 21.4 Å². The number of nitrogens with one attached hydrogen (secondary N) is 3. The van der Waals surface area contributed by atoms with Crippen LogP contribution in [0.4, 0.5) is 5.69 Å². The quantitative estimate of drug-likeness (QED) is 0.416. The molecule has 8 nitrogen and oxygen atoms in total. The smallest absolute Gasteiger partial charge is 0.291 e. The van der Waals surface area contributed by atoms with Crippen LogP contribution in [0.25, 0.3) is 0 Å². The number of halogens is 1. The Bertz CT molecular complexity index is 467. The van der Waals surface area contributed by atoms with Crippen LogP contribution in [0.2, 0.25) is 5.15 Å². The Balaban J connectivity index is 2.74. The van der Waals surface area contributed by atoms with Gasteiger partial charge >= 0.3 is 0 Å². The van der Waals surface area contributed by atoms with Crippen LogP contribution in [-0.4, -0.2) is 55.2 Å². The highest BCUT2D eigenvalue weighted by atomic mass is 35.5. The van der Waals surface area contributed by atoms with Crippen molar-refractivity contribution >= 4 is 17.3 Å². The molecule has 20 heavy (non-hydrogen) atoms. The van der Waals surface area contributed by atoms with Gasteiger partial charge < -0.3 is 10.2 Å². The summed E-state index contributed by atoms with van der Waals surface area (Å²) in [6.07, 6.45) is 0. The zero-order valence-corrected chi connectivity index (χ0v) is 12.7. The number of ether oxygens (including phenoxy) is 1. The van der Waals surface area contributed by atoms with Gasteiger partial charge in [-0.3, -0.25) is 15.6 Å².